The zero-order valence-corrected chi connectivity index (χ0v) is 15.9. The Morgan fingerprint density at radius 3 is 2.15 bits per heavy atom. The lowest BCUT2D eigenvalue weighted by molar-refractivity contribution is -0.115. The van der Waals surface area contributed by atoms with E-state index in [1.54, 1.807) is 12.1 Å². The lowest BCUT2D eigenvalue weighted by Gasteiger charge is -2.15. The molecule has 0 aliphatic heterocycles. The highest BCUT2D eigenvalue weighted by Gasteiger charge is 2.14. The first kappa shape index (κ1) is 19.4. The number of aryl methyl sites for hydroxylation is 2. The number of carbonyl (C=O) groups excluding carboxylic acids is 1. The van der Waals surface area contributed by atoms with E-state index in [1.807, 2.05) is 19.1 Å². The largest absolute Gasteiger partial charge is 0.493 e. The van der Waals surface area contributed by atoms with E-state index in [0.717, 1.165) is 11.3 Å². The van der Waals surface area contributed by atoms with Gasteiger partial charge in [-0.2, -0.15) is 0 Å². The molecule has 1 amide bonds. The number of rotatable bonds is 8. The van der Waals surface area contributed by atoms with Crippen molar-refractivity contribution in [1.82, 2.24) is 0 Å². The summed E-state index contributed by atoms with van der Waals surface area (Å²) in [6.07, 6.45) is 0.337. The Labute approximate surface area is 154 Å². The van der Waals surface area contributed by atoms with Gasteiger partial charge in [0.1, 0.15) is 0 Å². The second kappa shape index (κ2) is 8.99. The summed E-state index contributed by atoms with van der Waals surface area (Å²) in [4.78, 5) is 12.2. The average molecular weight is 358 g/mol. The van der Waals surface area contributed by atoms with Crippen LogP contribution < -0.4 is 24.8 Å². The minimum absolute atomic E-state index is 0.100. The first-order valence-electron chi connectivity index (χ1n) is 8.39. The molecule has 0 heterocycles. The lowest BCUT2D eigenvalue weighted by Crippen LogP contribution is -2.16. The third kappa shape index (κ3) is 4.81. The van der Waals surface area contributed by atoms with E-state index in [0.29, 0.717) is 35.9 Å². The number of benzene rings is 2. The number of hydrogen-bond donors (Lipinski definition) is 2. The van der Waals surface area contributed by atoms with E-state index in [4.69, 9.17) is 14.2 Å². The maximum absolute atomic E-state index is 12.2. The molecule has 0 spiro atoms. The molecule has 2 aromatic carbocycles. The molecule has 6 heteroatoms. The van der Waals surface area contributed by atoms with Crippen molar-refractivity contribution < 1.29 is 19.0 Å². The molecule has 140 valence electrons. The van der Waals surface area contributed by atoms with Crippen molar-refractivity contribution in [2.24, 2.45) is 0 Å². The van der Waals surface area contributed by atoms with E-state index in [9.17, 15) is 4.79 Å². The SMILES string of the molecule is COc1cc(NC(=O)CCNc2ccc(C)cc2C)cc(OC)c1OC. The summed E-state index contributed by atoms with van der Waals surface area (Å²) in [5, 5.41) is 6.15. The molecule has 0 aliphatic rings. The predicted octanol–water partition coefficient (Wildman–Crippen LogP) is 3.77. The van der Waals surface area contributed by atoms with E-state index < -0.39 is 0 Å². The van der Waals surface area contributed by atoms with Crippen molar-refractivity contribution in [3.63, 3.8) is 0 Å². The minimum atomic E-state index is -0.100. The van der Waals surface area contributed by atoms with Crippen molar-refractivity contribution in [1.29, 1.82) is 0 Å². The first-order chi connectivity index (χ1) is 12.5. The maximum Gasteiger partial charge on any atom is 0.226 e. The summed E-state index contributed by atoms with van der Waals surface area (Å²) in [5.41, 5.74) is 4.01. The summed E-state index contributed by atoms with van der Waals surface area (Å²) in [7, 11) is 4.62. The second-order valence-electron chi connectivity index (χ2n) is 5.96. The molecule has 0 unspecified atom stereocenters. The average Bonchev–Trinajstić information content (AvgIpc) is 2.62. The third-order valence-corrected chi connectivity index (χ3v) is 4.00. The van der Waals surface area contributed by atoms with E-state index in [2.05, 4.69) is 23.6 Å². The van der Waals surface area contributed by atoms with Gasteiger partial charge in [0.05, 0.1) is 21.3 Å². The van der Waals surface area contributed by atoms with Gasteiger partial charge in [-0.3, -0.25) is 4.79 Å². The summed E-state index contributed by atoms with van der Waals surface area (Å²) < 4.78 is 15.9. The highest BCUT2D eigenvalue weighted by molar-refractivity contribution is 5.91. The molecule has 26 heavy (non-hydrogen) atoms. The van der Waals surface area contributed by atoms with Crippen LogP contribution >= 0.6 is 0 Å². The fourth-order valence-electron chi connectivity index (χ4n) is 2.70. The normalized spacial score (nSPS) is 10.2. The summed E-state index contributed by atoms with van der Waals surface area (Å²) in [6, 6.07) is 9.60. The van der Waals surface area contributed by atoms with E-state index in [1.165, 1.54) is 26.9 Å². The molecule has 0 aliphatic carbocycles. The molecule has 6 nitrogen and oxygen atoms in total. The minimum Gasteiger partial charge on any atom is -0.493 e. The van der Waals surface area contributed by atoms with Gasteiger partial charge in [0.15, 0.2) is 11.5 Å². The molecule has 2 N–H and O–H groups in total. The number of methoxy groups -OCH3 is 3. The van der Waals surface area contributed by atoms with Crippen molar-refractivity contribution in [3.05, 3.63) is 41.5 Å². The van der Waals surface area contributed by atoms with Crippen molar-refractivity contribution in [2.75, 3.05) is 38.5 Å². The summed E-state index contributed by atoms with van der Waals surface area (Å²) in [5.74, 6) is 1.38. The third-order valence-electron chi connectivity index (χ3n) is 4.00. The quantitative estimate of drug-likeness (QED) is 0.752. The molecule has 0 atom stereocenters. The number of carbonyl (C=O) groups is 1. The van der Waals surface area contributed by atoms with Gasteiger partial charge in [-0.15, -0.1) is 0 Å². The Bertz CT molecular complexity index is 749. The highest BCUT2D eigenvalue weighted by atomic mass is 16.5. The van der Waals surface area contributed by atoms with Crippen molar-refractivity contribution in [3.8, 4) is 17.2 Å². The van der Waals surface area contributed by atoms with Gasteiger partial charge in [0.2, 0.25) is 11.7 Å². The Morgan fingerprint density at radius 1 is 0.962 bits per heavy atom. The monoisotopic (exact) mass is 358 g/mol. The molecule has 0 aromatic heterocycles. The smallest absolute Gasteiger partial charge is 0.226 e. The van der Waals surface area contributed by atoms with Crippen molar-refractivity contribution >= 4 is 17.3 Å². The number of anilines is 2. The van der Waals surface area contributed by atoms with Crippen LogP contribution in [0.15, 0.2) is 30.3 Å². The van der Waals surface area contributed by atoms with Crippen LogP contribution in [-0.2, 0) is 4.79 Å². The van der Waals surface area contributed by atoms with E-state index >= 15 is 0 Å². The zero-order valence-electron chi connectivity index (χ0n) is 15.9. The van der Waals surface area contributed by atoms with Gasteiger partial charge in [0.25, 0.3) is 0 Å². The number of nitrogens with one attached hydrogen (secondary N) is 2. The standard InChI is InChI=1S/C20H26N2O4/c1-13-6-7-16(14(2)10-13)21-9-8-19(23)22-15-11-17(24-3)20(26-5)18(12-15)25-4/h6-7,10-12,21H,8-9H2,1-5H3,(H,22,23). The van der Waals surface area contributed by atoms with Crippen LogP contribution in [0.1, 0.15) is 17.5 Å². The number of ether oxygens (including phenoxy) is 3. The second-order valence-corrected chi connectivity index (χ2v) is 5.96. The van der Waals surface area contributed by atoms with Crippen LogP contribution in [0.2, 0.25) is 0 Å². The van der Waals surface area contributed by atoms with Crippen LogP contribution in [0.5, 0.6) is 17.2 Å². The lowest BCUT2D eigenvalue weighted by atomic mass is 10.1. The van der Waals surface area contributed by atoms with Gasteiger partial charge >= 0.3 is 0 Å². The van der Waals surface area contributed by atoms with Gasteiger partial charge in [-0.25, -0.2) is 0 Å². The van der Waals surface area contributed by atoms with Crippen LogP contribution in [0.4, 0.5) is 11.4 Å². The fraction of sp³-hybridized carbons (Fsp3) is 0.350. The molecule has 0 radical (unpaired) electrons. The van der Waals surface area contributed by atoms with Crippen molar-refractivity contribution in [2.45, 2.75) is 20.3 Å². The molecular weight excluding hydrogens is 332 g/mol. The van der Waals surface area contributed by atoms with E-state index in [-0.39, 0.29) is 5.91 Å². The topological polar surface area (TPSA) is 68.8 Å². The molecule has 0 saturated carbocycles. The fourth-order valence-corrected chi connectivity index (χ4v) is 2.70. The molecule has 2 rings (SSSR count). The Balaban J connectivity index is 1.97. The Kier molecular flexibility index (Phi) is 6.72. The summed E-state index contributed by atoms with van der Waals surface area (Å²) >= 11 is 0. The molecule has 0 saturated heterocycles. The van der Waals surface area contributed by atoms with Gasteiger partial charge in [-0.1, -0.05) is 17.7 Å². The molecule has 0 bridgehead atoms. The van der Waals surface area contributed by atoms with Crippen LogP contribution in [0.3, 0.4) is 0 Å². The van der Waals surface area contributed by atoms with Gasteiger partial charge < -0.3 is 24.8 Å². The Hall–Kier alpha value is -2.89. The van der Waals surface area contributed by atoms with Crippen LogP contribution in [0, 0.1) is 13.8 Å². The summed E-state index contributed by atoms with van der Waals surface area (Å²) in [6.45, 7) is 4.65. The Morgan fingerprint density at radius 2 is 1.62 bits per heavy atom. The van der Waals surface area contributed by atoms with Crippen LogP contribution in [0.25, 0.3) is 0 Å². The van der Waals surface area contributed by atoms with Gasteiger partial charge in [-0.05, 0) is 25.5 Å². The maximum atomic E-state index is 12.2. The number of hydrogen-bond acceptors (Lipinski definition) is 5. The van der Waals surface area contributed by atoms with Gasteiger partial charge in [0, 0.05) is 36.5 Å². The van der Waals surface area contributed by atoms with Crippen LogP contribution in [-0.4, -0.2) is 33.8 Å². The molecule has 2 aromatic rings. The molecular formula is C20H26N2O4. The highest BCUT2D eigenvalue weighted by Crippen LogP contribution is 2.39. The predicted molar refractivity (Wildman–Crippen MR) is 104 cm³/mol. The molecule has 0 fully saturated rings. The number of amides is 1. The zero-order chi connectivity index (χ0) is 19.1. The first-order valence-corrected chi connectivity index (χ1v) is 8.39.